The molecule has 2 aliphatic rings. The Balaban J connectivity index is 1.07. The summed E-state index contributed by atoms with van der Waals surface area (Å²) >= 11 is 0. The van der Waals surface area contributed by atoms with Gasteiger partial charge in [0.1, 0.15) is 5.82 Å². The van der Waals surface area contributed by atoms with Crippen molar-refractivity contribution in [3.05, 3.63) is 85.1 Å². The van der Waals surface area contributed by atoms with E-state index in [1.54, 1.807) is 12.4 Å². The van der Waals surface area contributed by atoms with Gasteiger partial charge in [-0.1, -0.05) is 18.2 Å². The second-order valence-electron chi connectivity index (χ2n) is 9.74. The van der Waals surface area contributed by atoms with Gasteiger partial charge in [-0.25, -0.2) is 14.6 Å². The van der Waals surface area contributed by atoms with Gasteiger partial charge in [0.15, 0.2) is 0 Å². The predicted molar refractivity (Wildman–Crippen MR) is 142 cm³/mol. The van der Waals surface area contributed by atoms with Crippen LogP contribution in [0.2, 0.25) is 0 Å². The number of carbonyl (C=O) groups is 1. The van der Waals surface area contributed by atoms with E-state index in [4.69, 9.17) is 5.10 Å². The Morgan fingerprint density at radius 2 is 1.54 bits per heavy atom. The Morgan fingerprint density at radius 1 is 0.838 bits per heavy atom. The summed E-state index contributed by atoms with van der Waals surface area (Å²) in [5, 5.41) is 4.74. The molecule has 0 N–H and O–H groups in total. The highest BCUT2D eigenvalue weighted by atomic mass is 16.2. The molecule has 0 unspecified atom stereocenters. The van der Waals surface area contributed by atoms with E-state index in [0.29, 0.717) is 5.91 Å². The number of anilines is 1. The summed E-state index contributed by atoms with van der Waals surface area (Å²) in [6, 6.07) is 16.1. The van der Waals surface area contributed by atoms with Gasteiger partial charge in [-0.05, 0) is 56.3 Å². The molecule has 0 bridgehead atoms. The first-order chi connectivity index (χ1) is 18.3. The first-order valence-electron chi connectivity index (χ1n) is 13.0. The fraction of sp³-hybridized carbons (Fsp3) is 0.357. The smallest absolute Gasteiger partial charge is 0.225 e. The molecule has 9 nitrogen and oxygen atoms in total. The molecule has 1 aromatic carbocycles. The minimum Gasteiger partial charge on any atom is -0.339 e. The van der Waals surface area contributed by atoms with Crippen LogP contribution in [0.25, 0.3) is 11.5 Å². The molecule has 2 saturated heterocycles. The van der Waals surface area contributed by atoms with Crippen molar-refractivity contribution >= 4 is 11.9 Å². The molecular weight excluding hydrogens is 464 g/mol. The fourth-order valence-electron chi connectivity index (χ4n) is 5.41. The summed E-state index contributed by atoms with van der Waals surface area (Å²) in [7, 11) is 0. The third-order valence-electron chi connectivity index (χ3n) is 7.42. The van der Waals surface area contributed by atoms with E-state index >= 15 is 0 Å². The van der Waals surface area contributed by atoms with Crippen molar-refractivity contribution in [2.45, 2.75) is 19.4 Å². The van der Waals surface area contributed by atoms with Gasteiger partial charge in [-0.3, -0.25) is 9.69 Å². The average Bonchev–Trinajstić information content (AvgIpc) is 3.64. The third kappa shape index (κ3) is 4.99. The van der Waals surface area contributed by atoms with Gasteiger partial charge in [0.25, 0.3) is 0 Å². The number of benzene rings is 1. The number of nitrogens with zero attached hydrogens (tertiary/aromatic N) is 8. The second kappa shape index (κ2) is 10.6. The second-order valence-corrected chi connectivity index (χ2v) is 9.74. The topological polar surface area (TPSA) is 75.3 Å². The molecule has 3 aromatic heterocycles. The first-order valence-corrected chi connectivity index (χ1v) is 13.0. The number of hydrogen-bond acceptors (Lipinski definition) is 6. The molecule has 5 heterocycles. The molecule has 9 heteroatoms. The van der Waals surface area contributed by atoms with E-state index in [1.807, 2.05) is 52.2 Å². The largest absolute Gasteiger partial charge is 0.339 e. The highest BCUT2D eigenvalue weighted by Gasteiger charge is 2.31. The monoisotopic (exact) mass is 496 g/mol. The molecule has 2 fully saturated rings. The molecule has 190 valence electrons. The van der Waals surface area contributed by atoms with Gasteiger partial charge in [-0.2, -0.15) is 5.10 Å². The van der Waals surface area contributed by atoms with Crippen molar-refractivity contribution in [2.24, 2.45) is 5.92 Å². The molecule has 6 rings (SSSR count). The van der Waals surface area contributed by atoms with Crippen molar-refractivity contribution in [1.82, 2.24) is 34.1 Å². The zero-order chi connectivity index (χ0) is 25.0. The molecule has 0 atom stereocenters. The standard InChI is InChI=1S/C28H32N8O/c37-27(34-17-19-35(20-18-34)28-29-11-6-12-30-28)23-9-15-32(16-10-23)22-24-21-31-36(25-7-2-1-3-8-25)26(24)33-13-4-5-14-33/h1-8,11-14,21,23H,9-10,15-20,22H2. The normalized spacial score (nSPS) is 17.3. The summed E-state index contributed by atoms with van der Waals surface area (Å²) in [6.07, 6.45) is 11.4. The molecular formula is C28H32N8O. The van der Waals surface area contributed by atoms with Gasteiger partial charge in [0, 0.05) is 69.0 Å². The molecule has 1 amide bonds. The highest BCUT2D eigenvalue weighted by molar-refractivity contribution is 5.79. The summed E-state index contributed by atoms with van der Waals surface area (Å²) in [5.74, 6) is 2.22. The molecule has 0 spiro atoms. The van der Waals surface area contributed by atoms with Crippen molar-refractivity contribution in [2.75, 3.05) is 44.2 Å². The molecule has 2 aliphatic heterocycles. The Hall–Kier alpha value is -3.98. The zero-order valence-corrected chi connectivity index (χ0v) is 20.9. The lowest BCUT2D eigenvalue weighted by Gasteiger charge is -2.38. The van der Waals surface area contributed by atoms with Crippen molar-refractivity contribution < 1.29 is 4.79 Å². The lowest BCUT2D eigenvalue weighted by Crippen LogP contribution is -2.52. The Kier molecular flexibility index (Phi) is 6.68. The maximum absolute atomic E-state index is 13.3. The molecule has 0 radical (unpaired) electrons. The van der Waals surface area contributed by atoms with Crippen LogP contribution in [0.3, 0.4) is 0 Å². The Morgan fingerprint density at radius 3 is 2.24 bits per heavy atom. The molecule has 4 aromatic rings. The number of para-hydroxylation sites is 1. The van der Waals surface area contributed by atoms with Crippen LogP contribution < -0.4 is 4.90 Å². The van der Waals surface area contributed by atoms with Crippen molar-refractivity contribution in [3.8, 4) is 11.5 Å². The zero-order valence-electron chi connectivity index (χ0n) is 20.9. The van der Waals surface area contributed by atoms with E-state index < -0.39 is 0 Å². The van der Waals surface area contributed by atoms with E-state index in [9.17, 15) is 4.79 Å². The molecule has 0 aliphatic carbocycles. The van der Waals surface area contributed by atoms with Crippen LogP contribution in [0.1, 0.15) is 18.4 Å². The minimum absolute atomic E-state index is 0.103. The van der Waals surface area contributed by atoms with Crippen LogP contribution in [0, 0.1) is 5.92 Å². The number of carbonyl (C=O) groups excluding carboxylic acids is 1. The first kappa shape index (κ1) is 23.4. The summed E-state index contributed by atoms with van der Waals surface area (Å²) in [5.41, 5.74) is 2.23. The van der Waals surface area contributed by atoms with Crippen molar-refractivity contribution in [3.63, 3.8) is 0 Å². The quantitative estimate of drug-likeness (QED) is 0.409. The summed E-state index contributed by atoms with van der Waals surface area (Å²) in [4.78, 5) is 28.6. The third-order valence-corrected chi connectivity index (χ3v) is 7.42. The Labute approximate surface area is 217 Å². The van der Waals surface area contributed by atoms with E-state index in [-0.39, 0.29) is 5.92 Å². The van der Waals surface area contributed by atoms with E-state index in [1.165, 1.54) is 5.56 Å². The summed E-state index contributed by atoms with van der Waals surface area (Å²) < 4.78 is 4.14. The van der Waals surface area contributed by atoms with Crippen molar-refractivity contribution in [1.29, 1.82) is 0 Å². The van der Waals surface area contributed by atoms with Crippen LogP contribution in [0.4, 0.5) is 5.95 Å². The average molecular weight is 497 g/mol. The van der Waals surface area contributed by atoms with Crippen LogP contribution in [0.5, 0.6) is 0 Å². The van der Waals surface area contributed by atoms with Crippen LogP contribution >= 0.6 is 0 Å². The van der Waals surface area contributed by atoms with E-state index in [0.717, 1.165) is 76.1 Å². The lowest BCUT2D eigenvalue weighted by atomic mass is 9.94. The maximum Gasteiger partial charge on any atom is 0.225 e. The van der Waals surface area contributed by atoms with Gasteiger partial charge >= 0.3 is 0 Å². The SMILES string of the molecule is O=C(C1CCN(Cc2cnn(-c3ccccc3)c2-n2cccc2)CC1)N1CCN(c2ncccn2)CC1. The molecule has 37 heavy (non-hydrogen) atoms. The number of piperidine rings is 1. The number of aromatic nitrogens is 5. The van der Waals surface area contributed by atoms with Gasteiger partial charge in [-0.15, -0.1) is 0 Å². The lowest BCUT2D eigenvalue weighted by molar-refractivity contribution is -0.137. The number of likely N-dealkylation sites (tertiary alicyclic amines) is 1. The minimum atomic E-state index is 0.103. The number of rotatable bonds is 6. The summed E-state index contributed by atoms with van der Waals surface area (Å²) in [6.45, 7) is 5.67. The van der Waals surface area contributed by atoms with Crippen LogP contribution in [-0.4, -0.2) is 79.3 Å². The van der Waals surface area contributed by atoms with Gasteiger partial charge in [0.2, 0.25) is 11.9 Å². The van der Waals surface area contributed by atoms with Gasteiger partial charge < -0.3 is 14.4 Å². The van der Waals surface area contributed by atoms with Gasteiger partial charge in [0.05, 0.1) is 11.9 Å². The van der Waals surface area contributed by atoms with E-state index in [2.05, 4.69) is 48.9 Å². The number of piperazine rings is 1. The number of hydrogen-bond donors (Lipinski definition) is 0. The predicted octanol–water partition coefficient (Wildman–Crippen LogP) is 3.01. The maximum atomic E-state index is 13.3. The van der Waals surface area contributed by atoms with Crippen LogP contribution in [-0.2, 0) is 11.3 Å². The molecule has 0 saturated carbocycles. The van der Waals surface area contributed by atoms with Crippen LogP contribution in [0.15, 0.2) is 79.5 Å². The number of amides is 1. The Bertz CT molecular complexity index is 1290. The fourth-order valence-corrected chi connectivity index (χ4v) is 5.41. The highest BCUT2D eigenvalue weighted by Crippen LogP contribution is 2.25.